The third kappa shape index (κ3) is 3.69. The van der Waals surface area contributed by atoms with Crippen LogP contribution in [-0.2, 0) is 0 Å². The number of allylic oxidation sites excluding steroid dienone is 1. The fraction of sp³-hybridized carbons (Fsp3) is 0.0435. The van der Waals surface area contributed by atoms with Gasteiger partial charge in [0.15, 0.2) is 18.1 Å². The van der Waals surface area contributed by atoms with Crippen molar-refractivity contribution in [3.8, 4) is 11.5 Å². The smallest absolute Gasteiger partial charge is 0.231 e. The molecule has 1 aliphatic rings. The lowest BCUT2D eigenvalue weighted by molar-refractivity contribution is 0.0920. The van der Waals surface area contributed by atoms with Gasteiger partial charge < -0.3 is 9.47 Å². The number of carbonyl (C=O) groups is 2. The van der Waals surface area contributed by atoms with Crippen LogP contribution in [0.3, 0.4) is 0 Å². The molecule has 0 spiro atoms. The van der Waals surface area contributed by atoms with Gasteiger partial charge in [0.05, 0.1) is 5.56 Å². The first-order valence-electron chi connectivity index (χ1n) is 8.65. The largest absolute Gasteiger partial charge is 0.485 e. The summed E-state index contributed by atoms with van der Waals surface area (Å²) in [5, 5.41) is 0. The Morgan fingerprint density at radius 3 is 2.50 bits per heavy atom. The normalized spacial score (nSPS) is 13.9. The minimum atomic E-state index is -0.405. The molecule has 0 saturated carbocycles. The van der Waals surface area contributed by atoms with Gasteiger partial charge in [-0.25, -0.2) is 4.39 Å². The van der Waals surface area contributed by atoms with E-state index in [4.69, 9.17) is 9.47 Å². The lowest BCUT2D eigenvalue weighted by Crippen LogP contribution is -2.11. The van der Waals surface area contributed by atoms with Gasteiger partial charge in [-0.05, 0) is 48.0 Å². The maximum atomic E-state index is 12.9. The van der Waals surface area contributed by atoms with E-state index in [0.717, 1.165) is 5.56 Å². The summed E-state index contributed by atoms with van der Waals surface area (Å²) in [6, 6.07) is 19.5. The first-order chi connectivity index (χ1) is 13.6. The van der Waals surface area contributed by atoms with Gasteiger partial charge in [0.1, 0.15) is 17.3 Å². The minimum Gasteiger partial charge on any atom is -0.485 e. The number of halogens is 1. The van der Waals surface area contributed by atoms with Gasteiger partial charge in [0.25, 0.3) is 0 Å². The molecule has 0 aromatic heterocycles. The van der Waals surface area contributed by atoms with E-state index >= 15 is 0 Å². The maximum Gasteiger partial charge on any atom is 0.231 e. The highest BCUT2D eigenvalue weighted by atomic mass is 19.1. The van der Waals surface area contributed by atoms with Crippen LogP contribution in [0, 0.1) is 5.82 Å². The second kappa shape index (κ2) is 7.48. The zero-order valence-corrected chi connectivity index (χ0v) is 14.7. The van der Waals surface area contributed by atoms with Crippen molar-refractivity contribution in [1.82, 2.24) is 0 Å². The highest BCUT2D eigenvalue weighted by molar-refractivity contribution is 6.14. The van der Waals surface area contributed by atoms with Gasteiger partial charge in [-0.2, -0.15) is 0 Å². The number of ketones is 2. The van der Waals surface area contributed by atoms with Gasteiger partial charge in [0.2, 0.25) is 5.78 Å². The Balaban J connectivity index is 1.46. The summed E-state index contributed by atoms with van der Waals surface area (Å²) in [6.45, 7) is -0.203. The summed E-state index contributed by atoms with van der Waals surface area (Å²) in [5.41, 5.74) is 1.67. The first-order valence-corrected chi connectivity index (χ1v) is 8.65. The fourth-order valence-corrected chi connectivity index (χ4v) is 2.83. The van der Waals surface area contributed by atoms with Gasteiger partial charge in [0, 0.05) is 11.6 Å². The fourth-order valence-electron chi connectivity index (χ4n) is 2.83. The maximum absolute atomic E-state index is 12.9. The summed E-state index contributed by atoms with van der Waals surface area (Å²) < 4.78 is 24.1. The molecule has 0 fully saturated rings. The van der Waals surface area contributed by atoms with Crippen molar-refractivity contribution >= 4 is 17.6 Å². The molecule has 0 radical (unpaired) electrons. The van der Waals surface area contributed by atoms with Crippen LogP contribution in [0.25, 0.3) is 6.08 Å². The highest BCUT2D eigenvalue weighted by Gasteiger charge is 2.27. The third-order valence-electron chi connectivity index (χ3n) is 4.27. The summed E-state index contributed by atoms with van der Waals surface area (Å²) in [5.74, 6) is 0.148. The van der Waals surface area contributed by atoms with Crippen molar-refractivity contribution in [2.24, 2.45) is 0 Å². The molecule has 4 rings (SSSR count). The zero-order chi connectivity index (χ0) is 19.5. The number of fused-ring (bicyclic) bond motifs is 1. The van der Waals surface area contributed by atoms with Crippen LogP contribution in [0.4, 0.5) is 4.39 Å². The van der Waals surface area contributed by atoms with E-state index in [2.05, 4.69) is 0 Å². The number of hydrogen-bond donors (Lipinski definition) is 0. The molecule has 0 bridgehead atoms. The number of carbonyl (C=O) groups excluding carboxylic acids is 2. The van der Waals surface area contributed by atoms with Crippen molar-refractivity contribution < 1.29 is 23.5 Å². The van der Waals surface area contributed by atoms with Gasteiger partial charge in [-0.1, -0.05) is 30.3 Å². The van der Waals surface area contributed by atoms with Crippen LogP contribution in [0.15, 0.2) is 78.6 Å². The Bertz CT molecular complexity index is 1070. The van der Waals surface area contributed by atoms with E-state index in [9.17, 15) is 14.0 Å². The predicted octanol–water partition coefficient (Wildman–Crippen LogP) is 4.70. The van der Waals surface area contributed by atoms with Gasteiger partial charge >= 0.3 is 0 Å². The molecule has 138 valence electrons. The highest BCUT2D eigenvalue weighted by Crippen LogP contribution is 2.34. The van der Waals surface area contributed by atoms with Crippen molar-refractivity contribution in [1.29, 1.82) is 0 Å². The topological polar surface area (TPSA) is 52.6 Å². The Labute approximate surface area is 160 Å². The van der Waals surface area contributed by atoms with Crippen molar-refractivity contribution in [2.45, 2.75) is 0 Å². The molecule has 3 aromatic carbocycles. The molecular weight excluding hydrogens is 359 g/mol. The third-order valence-corrected chi connectivity index (χ3v) is 4.27. The van der Waals surface area contributed by atoms with Gasteiger partial charge in [-0.3, -0.25) is 9.59 Å². The lowest BCUT2D eigenvalue weighted by Gasteiger charge is -2.07. The van der Waals surface area contributed by atoms with Crippen LogP contribution in [0.5, 0.6) is 11.5 Å². The second-order valence-electron chi connectivity index (χ2n) is 6.23. The summed E-state index contributed by atoms with van der Waals surface area (Å²) in [6.07, 6.45) is 1.68. The van der Waals surface area contributed by atoms with E-state index in [0.29, 0.717) is 22.6 Å². The van der Waals surface area contributed by atoms with Crippen LogP contribution < -0.4 is 9.47 Å². The molecular formula is C23H15FO4. The molecule has 1 heterocycles. The molecule has 3 aromatic rings. The first kappa shape index (κ1) is 17.7. The van der Waals surface area contributed by atoms with Crippen LogP contribution in [0.2, 0.25) is 0 Å². The predicted molar refractivity (Wildman–Crippen MR) is 102 cm³/mol. The van der Waals surface area contributed by atoms with Crippen LogP contribution in [-0.4, -0.2) is 18.2 Å². The van der Waals surface area contributed by atoms with Crippen molar-refractivity contribution in [3.05, 3.63) is 101 Å². The molecule has 0 N–H and O–H groups in total. The Morgan fingerprint density at radius 2 is 1.75 bits per heavy atom. The van der Waals surface area contributed by atoms with Gasteiger partial charge in [-0.15, -0.1) is 0 Å². The minimum absolute atomic E-state index is 0.201. The van der Waals surface area contributed by atoms with E-state index < -0.39 is 5.82 Å². The molecule has 0 saturated heterocycles. The van der Waals surface area contributed by atoms with Crippen molar-refractivity contribution in [3.63, 3.8) is 0 Å². The van der Waals surface area contributed by atoms with Crippen LogP contribution in [0.1, 0.15) is 26.3 Å². The molecule has 0 aliphatic carbocycles. The van der Waals surface area contributed by atoms with E-state index in [1.807, 2.05) is 30.3 Å². The van der Waals surface area contributed by atoms with E-state index in [-0.39, 0.29) is 23.9 Å². The number of Topliss-reactive ketones (excluding diaryl/α,β-unsaturated/α-hetero) is 2. The van der Waals surface area contributed by atoms with Crippen LogP contribution >= 0.6 is 0 Å². The molecule has 4 nitrogen and oxygen atoms in total. The molecule has 5 heteroatoms. The Hall–Kier alpha value is -3.73. The van der Waals surface area contributed by atoms with E-state index in [1.165, 1.54) is 24.3 Å². The molecule has 28 heavy (non-hydrogen) atoms. The zero-order valence-electron chi connectivity index (χ0n) is 14.7. The molecule has 0 amide bonds. The monoisotopic (exact) mass is 374 g/mol. The summed E-state index contributed by atoms with van der Waals surface area (Å²) in [4.78, 5) is 24.6. The molecule has 1 aliphatic heterocycles. The standard InChI is InChI=1S/C23H15FO4/c24-17-8-6-16(7-9-17)20(25)14-27-18-10-11-19-21(13-18)28-22(23(19)26)12-15-4-2-1-3-5-15/h1-13H,14H2/b22-12-. The number of hydrogen-bond acceptors (Lipinski definition) is 4. The van der Waals surface area contributed by atoms with Crippen molar-refractivity contribution in [2.75, 3.05) is 6.61 Å². The summed E-state index contributed by atoms with van der Waals surface area (Å²) >= 11 is 0. The summed E-state index contributed by atoms with van der Waals surface area (Å²) in [7, 11) is 0. The van der Waals surface area contributed by atoms with E-state index in [1.54, 1.807) is 24.3 Å². The SMILES string of the molecule is O=C(COc1ccc2c(c1)O/C(=C\c1ccccc1)C2=O)c1ccc(F)cc1. The average Bonchev–Trinajstić information content (AvgIpc) is 3.02. The number of ether oxygens (including phenoxy) is 2. The quantitative estimate of drug-likeness (QED) is 0.480. The average molecular weight is 374 g/mol. The Kier molecular flexibility index (Phi) is 4.72. The Morgan fingerprint density at radius 1 is 1.00 bits per heavy atom. The lowest BCUT2D eigenvalue weighted by atomic mass is 10.1. The number of benzene rings is 3. The number of rotatable bonds is 5. The molecule has 0 atom stereocenters. The second-order valence-corrected chi connectivity index (χ2v) is 6.23. The molecule has 0 unspecified atom stereocenters.